The van der Waals surface area contributed by atoms with Gasteiger partial charge in [-0.2, -0.15) is 5.10 Å². The summed E-state index contributed by atoms with van der Waals surface area (Å²) >= 11 is 6.13. The lowest BCUT2D eigenvalue weighted by Crippen LogP contribution is -1.99. The van der Waals surface area contributed by atoms with Crippen molar-refractivity contribution < 1.29 is 0 Å². The van der Waals surface area contributed by atoms with E-state index in [1.54, 1.807) is 4.68 Å². The minimum Gasteiger partial charge on any atom is -0.396 e. The van der Waals surface area contributed by atoms with Crippen LogP contribution < -0.4 is 5.73 Å². The molecule has 96 valence electrons. The van der Waals surface area contributed by atoms with Gasteiger partial charge in [0.05, 0.1) is 23.3 Å². The monoisotopic (exact) mass is 263 g/mol. The van der Waals surface area contributed by atoms with E-state index in [1.165, 1.54) is 0 Å². The van der Waals surface area contributed by atoms with Crippen LogP contribution in [0.25, 0.3) is 5.69 Å². The average molecular weight is 264 g/mol. The molecule has 2 N–H and O–H groups in total. The minimum atomic E-state index is 0.368. The highest BCUT2D eigenvalue weighted by Gasteiger charge is 2.13. The van der Waals surface area contributed by atoms with Gasteiger partial charge in [-0.05, 0) is 31.0 Å². The standard InChI is InChI=1S/C14H18ClN3/c1-4-9(2)14-13(16)8-18(17-14)11-6-5-10(3)12(15)7-11/h5-9H,4,16H2,1-3H3. The molecule has 0 spiro atoms. The number of nitrogens with zero attached hydrogens (tertiary/aromatic N) is 2. The number of nitrogens with two attached hydrogens (primary N) is 1. The zero-order chi connectivity index (χ0) is 13.3. The van der Waals surface area contributed by atoms with Crippen LogP contribution in [0.1, 0.15) is 37.4 Å². The molecular formula is C14H18ClN3. The summed E-state index contributed by atoms with van der Waals surface area (Å²) in [5, 5.41) is 5.30. The highest BCUT2D eigenvalue weighted by Crippen LogP contribution is 2.25. The number of nitrogen functional groups attached to an aromatic ring is 1. The molecule has 0 aliphatic heterocycles. The highest BCUT2D eigenvalue weighted by atomic mass is 35.5. The lowest BCUT2D eigenvalue weighted by molar-refractivity contribution is 0.690. The van der Waals surface area contributed by atoms with Gasteiger partial charge >= 0.3 is 0 Å². The first-order valence-electron chi connectivity index (χ1n) is 6.14. The van der Waals surface area contributed by atoms with E-state index >= 15 is 0 Å². The normalized spacial score (nSPS) is 12.7. The maximum atomic E-state index is 6.13. The Labute approximate surface area is 113 Å². The first-order chi connectivity index (χ1) is 8.52. The number of hydrogen-bond donors (Lipinski definition) is 1. The predicted molar refractivity (Wildman–Crippen MR) is 76.4 cm³/mol. The first kappa shape index (κ1) is 13.0. The molecule has 1 heterocycles. The third-order valence-electron chi connectivity index (χ3n) is 3.27. The Bertz CT molecular complexity index is 560. The van der Waals surface area contributed by atoms with E-state index in [2.05, 4.69) is 18.9 Å². The quantitative estimate of drug-likeness (QED) is 0.912. The van der Waals surface area contributed by atoms with E-state index in [-0.39, 0.29) is 0 Å². The van der Waals surface area contributed by atoms with Gasteiger partial charge in [0, 0.05) is 10.9 Å². The zero-order valence-corrected chi connectivity index (χ0v) is 11.7. The molecule has 1 aromatic heterocycles. The molecule has 0 aliphatic rings. The van der Waals surface area contributed by atoms with Crippen molar-refractivity contribution in [1.82, 2.24) is 9.78 Å². The van der Waals surface area contributed by atoms with Crippen LogP contribution in [0.3, 0.4) is 0 Å². The maximum absolute atomic E-state index is 6.13. The second-order valence-corrected chi connectivity index (χ2v) is 5.06. The van der Waals surface area contributed by atoms with Crippen LogP contribution in [0.2, 0.25) is 5.02 Å². The lowest BCUT2D eigenvalue weighted by atomic mass is 10.0. The maximum Gasteiger partial charge on any atom is 0.0886 e. The van der Waals surface area contributed by atoms with Crippen LogP contribution in [0.15, 0.2) is 24.4 Å². The zero-order valence-electron chi connectivity index (χ0n) is 10.9. The Balaban J connectivity index is 2.42. The molecule has 18 heavy (non-hydrogen) atoms. The summed E-state index contributed by atoms with van der Waals surface area (Å²) in [5.41, 5.74) is 9.69. The second-order valence-electron chi connectivity index (χ2n) is 4.66. The Morgan fingerprint density at radius 2 is 2.17 bits per heavy atom. The smallest absolute Gasteiger partial charge is 0.0886 e. The Hall–Kier alpha value is -1.48. The summed E-state index contributed by atoms with van der Waals surface area (Å²) in [6.45, 7) is 6.24. The molecule has 2 rings (SSSR count). The molecule has 1 aromatic carbocycles. The number of hydrogen-bond acceptors (Lipinski definition) is 2. The molecule has 0 bridgehead atoms. The number of aromatic nitrogens is 2. The average Bonchev–Trinajstić information content (AvgIpc) is 2.74. The summed E-state index contributed by atoms with van der Waals surface area (Å²) in [7, 11) is 0. The molecule has 3 nitrogen and oxygen atoms in total. The van der Waals surface area contributed by atoms with Crippen molar-refractivity contribution in [1.29, 1.82) is 0 Å². The molecule has 0 amide bonds. The van der Waals surface area contributed by atoms with E-state index in [1.807, 2.05) is 31.3 Å². The van der Waals surface area contributed by atoms with Crippen molar-refractivity contribution in [3.05, 3.63) is 40.7 Å². The molecular weight excluding hydrogens is 246 g/mol. The van der Waals surface area contributed by atoms with Gasteiger partial charge in [0.15, 0.2) is 0 Å². The van der Waals surface area contributed by atoms with Gasteiger partial charge in [-0.3, -0.25) is 0 Å². The molecule has 1 unspecified atom stereocenters. The van der Waals surface area contributed by atoms with Crippen LogP contribution in [-0.4, -0.2) is 9.78 Å². The van der Waals surface area contributed by atoms with Crippen molar-refractivity contribution in [2.45, 2.75) is 33.1 Å². The van der Waals surface area contributed by atoms with E-state index in [4.69, 9.17) is 17.3 Å². The fraction of sp³-hybridized carbons (Fsp3) is 0.357. The Kier molecular flexibility index (Phi) is 3.62. The minimum absolute atomic E-state index is 0.368. The highest BCUT2D eigenvalue weighted by molar-refractivity contribution is 6.31. The van der Waals surface area contributed by atoms with Gasteiger partial charge in [0.25, 0.3) is 0 Å². The first-order valence-corrected chi connectivity index (χ1v) is 6.52. The van der Waals surface area contributed by atoms with Gasteiger partial charge in [-0.25, -0.2) is 4.68 Å². The van der Waals surface area contributed by atoms with Crippen molar-refractivity contribution in [3.8, 4) is 5.69 Å². The molecule has 0 saturated heterocycles. The SMILES string of the molecule is CCC(C)c1nn(-c2ccc(C)c(Cl)c2)cc1N. The summed E-state index contributed by atoms with van der Waals surface area (Å²) < 4.78 is 1.79. The van der Waals surface area contributed by atoms with E-state index in [0.29, 0.717) is 5.92 Å². The summed E-state index contributed by atoms with van der Waals surface area (Å²) in [5.74, 6) is 0.368. The molecule has 4 heteroatoms. The topological polar surface area (TPSA) is 43.8 Å². The summed E-state index contributed by atoms with van der Waals surface area (Å²) in [4.78, 5) is 0. The van der Waals surface area contributed by atoms with Crippen LogP contribution in [-0.2, 0) is 0 Å². The summed E-state index contributed by atoms with van der Waals surface area (Å²) in [6.07, 6.45) is 2.87. The Morgan fingerprint density at radius 1 is 1.44 bits per heavy atom. The molecule has 0 saturated carbocycles. The van der Waals surface area contributed by atoms with Gasteiger partial charge < -0.3 is 5.73 Å². The van der Waals surface area contributed by atoms with Gasteiger partial charge in [0.1, 0.15) is 0 Å². The number of rotatable bonds is 3. The van der Waals surface area contributed by atoms with Crippen LogP contribution in [0, 0.1) is 6.92 Å². The number of anilines is 1. The van der Waals surface area contributed by atoms with Crippen molar-refractivity contribution in [2.24, 2.45) is 0 Å². The predicted octanol–water partition coefficient (Wildman–Crippen LogP) is 3.93. The van der Waals surface area contributed by atoms with Crippen molar-refractivity contribution in [3.63, 3.8) is 0 Å². The van der Waals surface area contributed by atoms with Gasteiger partial charge in [0.2, 0.25) is 0 Å². The number of halogens is 1. The number of benzene rings is 1. The van der Waals surface area contributed by atoms with E-state index in [9.17, 15) is 0 Å². The molecule has 0 aliphatic carbocycles. The molecule has 1 atom stereocenters. The molecule has 0 fully saturated rings. The largest absolute Gasteiger partial charge is 0.396 e. The van der Waals surface area contributed by atoms with E-state index < -0.39 is 0 Å². The fourth-order valence-corrected chi connectivity index (χ4v) is 2.01. The van der Waals surface area contributed by atoms with Crippen LogP contribution >= 0.6 is 11.6 Å². The third-order valence-corrected chi connectivity index (χ3v) is 3.68. The Morgan fingerprint density at radius 3 is 2.78 bits per heavy atom. The fourth-order valence-electron chi connectivity index (χ4n) is 1.83. The van der Waals surface area contributed by atoms with Crippen LogP contribution in [0.5, 0.6) is 0 Å². The summed E-state index contributed by atoms with van der Waals surface area (Å²) in [6, 6.07) is 5.89. The lowest BCUT2D eigenvalue weighted by Gasteiger charge is -2.06. The molecule has 0 radical (unpaired) electrons. The van der Waals surface area contributed by atoms with Crippen molar-refractivity contribution in [2.75, 3.05) is 5.73 Å². The van der Waals surface area contributed by atoms with Gasteiger partial charge in [-0.1, -0.05) is 31.5 Å². The van der Waals surface area contributed by atoms with Gasteiger partial charge in [-0.15, -0.1) is 0 Å². The van der Waals surface area contributed by atoms with E-state index in [0.717, 1.165) is 34.1 Å². The number of aryl methyl sites for hydroxylation is 1. The molecule has 2 aromatic rings. The van der Waals surface area contributed by atoms with Crippen LogP contribution in [0.4, 0.5) is 5.69 Å². The second kappa shape index (κ2) is 5.02. The van der Waals surface area contributed by atoms with Crippen molar-refractivity contribution >= 4 is 17.3 Å². The third kappa shape index (κ3) is 2.36.